The summed E-state index contributed by atoms with van der Waals surface area (Å²) in [6, 6.07) is 0. The van der Waals surface area contributed by atoms with Gasteiger partial charge in [0.2, 0.25) is 0 Å². The van der Waals surface area contributed by atoms with E-state index >= 15 is 0 Å². The molecule has 0 spiro atoms. The standard InChI is InChI=1S/C11H24.C6H13N/c1-3-5-7-9-11-10-8-6-4-2;1-7-5-3-2-4-6-7/h3-11H2,1-2H3;2-6H2,1H3. The zero-order valence-corrected chi connectivity index (χ0v) is 13.3. The van der Waals surface area contributed by atoms with Crippen molar-refractivity contribution in [2.75, 3.05) is 20.1 Å². The third-order valence-electron chi connectivity index (χ3n) is 3.79. The monoisotopic (exact) mass is 255 g/mol. The van der Waals surface area contributed by atoms with Gasteiger partial charge in [-0.15, -0.1) is 0 Å². The Kier molecular flexibility index (Phi) is 15.0. The molecule has 18 heavy (non-hydrogen) atoms. The van der Waals surface area contributed by atoms with Crippen LogP contribution in [0.2, 0.25) is 0 Å². The molecule has 1 rings (SSSR count). The van der Waals surface area contributed by atoms with Gasteiger partial charge in [0.05, 0.1) is 0 Å². The molecule has 1 aliphatic heterocycles. The van der Waals surface area contributed by atoms with E-state index in [1.54, 1.807) is 0 Å². The highest BCUT2D eigenvalue weighted by molar-refractivity contribution is 4.58. The third kappa shape index (κ3) is 14.0. The Balaban J connectivity index is 0.000000351. The van der Waals surface area contributed by atoms with Crippen molar-refractivity contribution >= 4 is 0 Å². The van der Waals surface area contributed by atoms with Crippen LogP contribution in [0.25, 0.3) is 0 Å². The van der Waals surface area contributed by atoms with Gasteiger partial charge in [-0.25, -0.2) is 0 Å². The molecule has 1 heteroatoms. The summed E-state index contributed by atoms with van der Waals surface area (Å²) in [4.78, 5) is 2.39. The van der Waals surface area contributed by atoms with Gasteiger partial charge in [0.15, 0.2) is 0 Å². The Bertz CT molecular complexity index is 131. The van der Waals surface area contributed by atoms with E-state index in [2.05, 4.69) is 25.8 Å². The van der Waals surface area contributed by atoms with Gasteiger partial charge < -0.3 is 4.90 Å². The number of piperidine rings is 1. The Morgan fingerprint density at radius 3 is 1.28 bits per heavy atom. The van der Waals surface area contributed by atoms with Crippen molar-refractivity contribution in [2.45, 2.75) is 90.9 Å². The molecule has 0 aliphatic carbocycles. The highest BCUT2D eigenvalue weighted by atomic mass is 15.1. The van der Waals surface area contributed by atoms with E-state index in [-0.39, 0.29) is 0 Å². The minimum absolute atomic E-state index is 1.32. The van der Waals surface area contributed by atoms with E-state index in [1.807, 2.05) is 0 Å². The van der Waals surface area contributed by atoms with Crippen molar-refractivity contribution in [1.29, 1.82) is 0 Å². The van der Waals surface area contributed by atoms with Gasteiger partial charge in [0.25, 0.3) is 0 Å². The lowest BCUT2D eigenvalue weighted by Crippen LogP contribution is -2.24. The van der Waals surface area contributed by atoms with Crippen molar-refractivity contribution in [3.05, 3.63) is 0 Å². The van der Waals surface area contributed by atoms with Crippen molar-refractivity contribution in [3.8, 4) is 0 Å². The second kappa shape index (κ2) is 15.0. The number of rotatable bonds is 8. The second-order valence-corrected chi connectivity index (χ2v) is 5.84. The summed E-state index contributed by atoms with van der Waals surface area (Å²) in [6.07, 6.45) is 17.2. The largest absolute Gasteiger partial charge is 0.306 e. The smallest absolute Gasteiger partial charge is 0.00218 e. The summed E-state index contributed by atoms with van der Waals surface area (Å²) in [7, 11) is 2.19. The van der Waals surface area contributed by atoms with Gasteiger partial charge in [0.1, 0.15) is 0 Å². The van der Waals surface area contributed by atoms with E-state index in [0.717, 1.165) is 0 Å². The minimum atomic E-state index is 1.32. The van der Waals surface area contributed by atoms with Crippen LogP contribution >= 0.6 is 0 Å². The maximum absolute atomic E-state index is 2.39. The lowest BCUT2D eigenvalue weighted by Gasteiger charge is -2.20. The molecule has 0 saturated carbocycles. The average Bonchev–Trinajstić information content (AvgIpc) is 2.39. The Morgan fingerprint density at radius 1 is 0.611 bits per heavy atom. The molecular formula is C17H37N. The molecule has 1 heterocycles. The fourth-order valence-electron chi connectivity index (χ4n) is 2.44. The predicted molar refractivity (Wildman–Crippen MR) is 84.2 cm³/mol. The van der Waals surface area contributed by atoms with Crippen molar-refractivity contribution in [2.24, 2.45) is 0 Å². The molecule has 0 atom stereocenters. The fraction of sp³-hybridized carbons (Fsp3) is 1.00. The summed E-state index contributed by atoms with van der Waals surface area (Å²) >= 11 is 0. The number of unbranched alkanes of at least 4 members (excludes halogenated alkanes) is 8. The van der Waals surface area contributed by atoms with E-state index in [9.17, 15) is 0 Å². The summed E-state index contributed by atoms with van der Waals surface area (Å²) in [6.45, 7) is 7.19. The van der Waals surface area contributed by atoms with E-state index < -0.39 is 0 Å². The van der Waals surface area contributed by atoms with Crippen LogP contribution in [0, 0.1) is 0 Å². The Hall–Kier alpha value is -0.0400. The molecule has 0 amide bonds. The van der Waals surface area contributed by atoms with Gasteiger partial charge in [-0.05, 0) is 33.0 Å². The summed E-state index contributed by atoms with van der Waals surface area (Å²) < 4.78 is 0. The molecule has 0 bridgehead atoms. The van der Waals surface area contributed by atoms with Crippen LogP contribution in [0.1, 0.15) is 90.9 Å². The normalized spacial score (nSPS) is 16.2. The molecule has 0 N–H and O–H groups in total. The predicted octanol–water partition coefficient (Wildman–Crippen LogP) is 5.64. The number of hydrogen-bond acceptors (Lipinski definition) is 1. The maximum atomic E-state index is 2.39. The summed E-state index contributed by atoms with van der Waals surface area (Å²) in [5.41, 5.74) is 0. The fourth-order valence-corrected chi connectivity index (χ4v) is 2.44. The van der Waals surface area contributed by atoms with Crippen molar-refractivity contribution in [3.63, 3.8) is 0 Å². The zero-order chi connectivity index (χ0) is 13.5. The van der Waals surface area contributed by atoms with Gasteiger partial charge in [-0.1, -0.05) is 78.1 Å². The molecule has 0 radical (unpaired) electrons. The van der Waals surface area contributed by atoms with Crippen LogP contribution in [0.5, 0.6) is 0 Å². The number of hydrogen-bond donors (Lipinski definition) is 0. The lowest BCUT2D eigenvalue weighted by molar-refractivity contribution is 0.277. The van der Waals surface area contributed by atoms with Crippen LogP contribution in [0.4, 0.5) is 0 Å². The molecule has 1 fully saturated rings. The number of likely N-dealkylation sites (tertiary alicyclic amines) is 1. The van der Waals surface area contributed by atoms with E-state index in [4.69, 9.17) is 0 Å². The average molecular weight is 255 g/mol. The first-order valence-corrected chi connectivity index (χ1v) is 8.49. The molecule has 0 aromatic rings. The quantitative estimate of drug-likeness (QED) is 0.507. The van der Waals surface area contributed by atoms with E-state index in [1.165, 1.54) is 90.1 Å². The molecule has 1 aliphatic rings. The zero-order valence-electron chi connectivity index (χ0n) is 13.3. The van der Waals surface area contributed by atoms with Crippen molar-refractivity contribution < 1.29 is 0 Å². The third-order valence-corrected chi connectivity index (χ3v) is 3.79. The minimum Gasteiger partial charge on any atom is -0.306 e. The molecule has 110 valence electrons. The van der Waals surface area contributed by atoms with Gasteiger partial charge >= 0.3 is 0 Å². The first-order chi connectivity index (χ1) is 8.81. The first-order valence-electron chi connectivity index (χ1n) is 8.49. The SMILES string of the molecule is CCCCCCCCCCC.CN1CCCCC1. The summed E-state index contributed by atoms with van der Waals surface area (Å²) in [5, 5.41) is 0. The van der Waals surface area contributed by atoms with Crippen molar-refractivity contribution in [1.82, 2.24) is 4.90 Å². The summed E-state index contributed by atoms with van der Waals surface area (Å²) in [5.74, 6) is 0. The van der Waals surface area contributed by atoms with Crippen LogP contribution in [-0.2, 0) is 0 Å². The second-order valence-electron chi connectivity index (χ2n) is 5.84. The van der Waals surface area contributed by atoms with Gasteiger partial charge in [0, 0.05) is 0 Å². The first kappa shape index (κ1) is 18.0. The molecule has 0 unspecified atom stereocenters. The Labute approximate surface area is 116 Å². The van der Waals surface area contributed by atoms with Crippen LogP contribution in [-0.4, -0.2) is 25.0 Å². The van der Waals surface area contributed by atoms with E-state index in [0.29, 0.717) is 0 Å². The highest BCUT2D eigenvalue weighted by Gasteiger charge is 2.02. The topological polar surface area (TPSA) is 3.24 Å². The lowest BCUT2D eigenvalue weighted by atomic mass is 10.1. The molecule has 1 nitrogen and oxygen atoms in total. The van der Waals surface area contributed by atoms with Crippen LogP contribution in [0.3, 0.4) is 0 Å². The molecule has 0 aromatic heterocycles. The van der Waals surface area contributed by atoms with Crippen LogP contribution < -0.4 is 0 Å². The molecule has 0 aromatic carbocycles. The Morgan fingerprint density at radius 2 is 1.00 bits per heavy atom. The van der Waals surface area contributed by atoms with Gasteiger partial charge in [-0.3, -0.25) is 0 Å². The van der Waals surface area contributed by atoms with Gasteiger partial charge in [-0.2, -0.15) is 0 Å². The number of nitrogens with zero attached hydrogens (tertiary/aromatic N) is 1. The molecule has 1 saturated heterocycles. The highest BCUT2D eigenvalue weighted by Crippen LogP contribution is 2.08. The molecular weight excluding hydrogens is 218 g/mol. The van der Waals surface area contributed by atoms with Crippen LogP contribution in [0.15, 0.2) is 0 Å². The maximum Gasteiger partial charge on any atom is -0.00218 e.